The monoisotopic (exact) mass is 302 g/mol. The Hall–Kier alpha value is -1.88. The molecule has 1 heterocycles. The van der Waals surface area contributed by atoms with Gasteiger partial charge in [0, 0.05) is 18.5 Å². The lowest BCUT2D eigenvalue weighted by Crippen LogP contribution is -2.36. The predicted octanol–water partition coefficient (Wildman–Crippen LogP) is 2.93. The number of nitrogens with one attached hydrogen (secondary N) is 2. The van der Waals surface area contributed by atoms with Gasteiger partial charge in [0.05, 0.1) is 12.2 Å². The summed E-state index contributed by atoms with van der Waals surface area (Å²) in [6.07, 6.45) is 0. The summed E-state index contributed by atoms with van der Waals surface area (Å²) >= 11 is 1.73. The molecule has 0 atom stereocenters. The standard InChI is InChI=1S/C16H22N4S/c1-11-6-5-7-14(8-11)9-18-16(17-4)19-10-15-20-12(2)13(3)21-15/h5-8H,9-10H2,1-4H3,(H2,17,18,19). The first-order chi connectivity index (χ1) is 10.1. The van der Waals surface area contributed by atoms with Crippen LogP contribution in [0.4, 0.5) is 0 Å². The molecule has 0 aliphatic rings. The van der Waals surface area contributed by atoms with E-state index in [1.807, 2.05) is 6.92 Å². The second-order valence-electron chi connectivity index (χ2n) is 5.02. The fourth-order valence-electron chi connectivity index (χ4n) is 2.00. The Morgan fingerprint density at radius 2 is 1.95 bits per heavy atom. The van der Waals surface area contributed by atoms with Crippen LogP contribution in [0.25, 0.3) is 0 Å². The average Bonchev–Trinajstić information content (AvgIpc) is 2.78. The number of nitrogens with zero attached hydrogens (tertiary/aromatic N) is 2. The van der Waals surface area contributed by atoms with Gasteiger partial charge in [-0.05, 0) is 26.3 Å². The topological polar surface area (TPSA) is 49.3 Å². The highest BCUT2D eigenvalue weighted by atomic mass is 32.1. The van der Waals surface area contributed by atoms with E-state index in [1.165, 1.54) is 16.0 Å². The lowest BCUT2D eigenvalue weighted by molar-refractivity contribution is 0.803. The molecule has 0 aliphatic carbocycles. The Morgan fingerprint density at radius 1 is 1.19 bits per heavy atom. The first-order valence-corrected chi connectivity index (χ1v) is 7.83. The zero-order chi connectivity index (χ0) is 15.2. The van der Waals surface area contributed by atoms with Gasteiger partial charge in [0.1, 0.15) is 5.01 Å². The molecule has 0 amide bonds. The van der Waals surface area contributed by atoms with Crippen molar-refractivity contribution >= 4 is 17.3 Å². The van der Waals surface area contributed by atoms with Gasteiger partial charge in [-0.15, -0.1) is 11.3 Å². The molecule has 0 aliphatic heterocycles. The molecule has 0 saturated carbocycles. The van der Waals surface area contributed by atoms with E-state index in [9.17, 15) is 0 Å². The van der Waals surface area contributed by atoms with E-state index >= 15 is 0 Å². The molecular weight excluding hydrogens is 280 g/mol. The number of aromatic nitrogens is 1. The third kappa shape index (κ3) is 4.56. The van der Waals surface area contributed by atoms with Gasteiger partial charge in [-0.2, -0.15) is 0 Å². The molecular formula is C16H22N4S. The van der Waals surface area contributed by atoms with Crippen molar-refractivity contribution in [2.75, 3.05) is 7.05 Å². The quantitative estimate of drug-likeness (QED) is 0.674. The molecule has 2 N–H and O–H groups in total. The van der Waals surface area contributed by atoms with Crippen molar-refractivity contribution in [3.05, 3.63) is 51.0 Å². The van der Waals surface area contributed by atoms with Crippen LogP contribution in [0.2, 0.25) is 0 Å². The third-order valence-electron chi connectivity index (χ3n) is 3.25. The maximum Gasteiger partial charge on any atom is 0.191 e. The van der Waals surface area contributed by atoms with E-state index < -0.39 is 0 Å². The number of hydrogen-bond acceptors (Lipinski definition) is 3. The summed E-state index contributed by atoms with van der Waals surface area (Å²) in [5, 5.41) is 7.70. The van der Waals surface area contributed by atoms with Gasteiger partial charge in [-0.25, -0.2) is 4.98 Å². The van der Waals surface area contributed by atoms with Crippen LogP contribution in [0, 0.1) is 20.8 Å². The highest BCUT2D eigenvalue weighted by Gasteiger charge is 2.04. The van der Waals surface area contributed by atoms with Gasteiger partial charge >= 0.3 is 0 Å². The van der Waals surface area contributed by atoms with Crippen LogP contribution in [0.5, 0.6) is 0 Å². The normalized spacial score (nSPS) is 11.5. The van der Waals surface area contributed by atoms with E-state index in [1.54, 1.807) is 18.4 Å². The van der Waals surface area contributed by atoms with Crippen LogP contribution in [-0.4, -0.2) is 18.0 Å². The zero-order valence-corrected chi connectivity index (χ0v) is 13.8. The van der Waals surface area contributed by atoms with Crippen LogP contribution in [0.1, 0.15) is 26.7 Å². The Morgan fingerprint density at radius 3 is 2.57 bits per heavy atom. The first-order valence-electron chi connectivity index (χ1n) is 7.01. The maximum absolute atomic E-state index is 4.52. The van der Waals surface area contributed by atoms with Crippen molar-refractivity contribution in [1.82, 2.24) is 15.6 Å². The van der Waals surface area contributed by atoms with Crippen molar-refractivity contribution < 1.29 is 0 Å². The Balaban J connectivity index is 1.86. The summed E-state index contributed by atoms with van der Waals surface area (Å²) in [6.45, 7) is 7.70. The third-order valence-corrected chi connectivity index (χ3v) is 4.32. The fraction of sp³-hybridized carbons (Fsp3) is 0.375. The molecule has 0 radical (unpaired) electrons. The van der Waals surface area contributed by atoms with Crippen molar-refractivity contribution in [1.29, 1.82) is 0 Å². The average molecular weight is 302 g/mol. The van der Waals surface area contributed by atoms with Gasteiger partial charge in [0.25, 0.3) is 0 Å². The summed E-state index contributed by atoms with van der Waals surface area (Å²) in [6, 6.07) is 8.46. The second kappa shape index (κ2) is 7.22. The van der Waals surface area contributed by atoms with E-state index in [0.29, 0.717) is 6.54 Å². The number of guanidine groups is 1. The molecule has 4 nitrogen and oxygen atoms in total. The van der Waals surface area contributed by atoms with E-state index in [-0.39, 0.29) is 0 Å². The van der Waals surface area contributed by atoms with E-state index in [2.05, 4.69) is 58.7 Å². The molecule has 1 aromatic carbocycles. The van der Waals surface area contributed by atoms with Crippen molar-refractivity contribution in [3.8, 4) is 0 Å². The summed E-state index contributed by atoms with van der Waals surface area (Å²) in [5.74, 6) is 0.794. The molecule has 21 heavy (non-hydrogen) atoms. The van der Waals surface area contributed by atoms with Crippen molar-refractivity contribution in [3.63, 3.8) is 0 Å². The summed E-state index contributed by atoms with van der Waals surface area (Å²) in [4.78, 5) is 10.0. The molecule has 5 heteroatoms. The molecule has 2 aromatic rings. The van der Waals surface area contributed by atoms with E-state index in [0.717, 1.165) is 23.2 Å². The summed E-state index contributed by atoms with van der Waals surface area (Å²) in [5.41, 5.74) is 3.63. The van der Waals surface area contributed by atoms with E-state index in [4.69, 9.17) is 0 Å². The molecule has 112 valence electrons. The maximum atomic E-state index is 4.52. The Bertz CT molecular complexity index is 611. The number of aliphatic imine (C=N–C) groups is 1. The van der Waals surface area contributed by atoms with Gasteiger partial charge in [0.2, 0.25) is 0 Å². The Kier molecular flexibility index (Phi) is 5.33. The lowest BCUT2D eigenvalue weighted by Gasteiger charge is -2.11. The first kappa shape index (κ1) is 15.5. The predicted molar refractivity (Wildman–Crippen MR) is 89.8 cm³/mol. The van der Waals surface area contributed by atoms with Crippen LogP contribution >= 0.6 is 11.3 Å². The fourth-order valence-corrected chi connectivity index (χ4v) is 2.88. The van der Waals surface area contributed by atoms with Gasteiger partial charge in [-0.1, -0.05) is 29.8 Å². The molecule has 1 aromatic heterocycles. The number of aryl methyl sites for hydroxylation is 3. The zero-order valence-electron chi connectivity index (χ0n) is 13.0. The lowest BCUT2D eigenvalue weighted by atomic mass is 10.1. The highest BCUT2D eigenvalue weighted by Crippen LogP contribution is 2.15. The minimum atomic E-state index is 0.701. The number of benzene rings is 1. The minimum Gasteiger partial charge on any atom is -0.352 e. The molecule has 0 spiro atoms. The number of rotatable bonds is 4. The molecule has 0 fully saturated rings. The number of hydrogen-bond donors (Lipinski definition) is 2. The summed E-state index contributed by atoms with van der Waals surface area (Å²) in [7, 11) is 1.78. The van der Waals surface area contributed by atoms with Gasteiger partial charge < -0.3 is 10.6 Å². The van der Waals surface area contributed by atoms with Crippen LogP contribution in [-0.2, 0) is 13.1 Å². The minimum absolute atomic E-state index is 0.701. The SMILES string of the molecule is CN=C(NCc1cccc(C)c1)NCc1nc(C)c(C)s1. The van der Waals surface area contributed by atoms with Crippen LogP contribution in [0.3, 0.4) is 0 Å². The second-order valence-corrected chi connectivity index (χ2v) is 6.31. The molecule has 0 saturated heterocycles. The number of thiazole rings is 1. The summed E-state index contributed by atoms with van der Waals surface area (Å²) < 4.78 is 0. The smallest absolute Gasteiger partial charge is 0.191 e. The van der Waals surface area contributed by atoms with Crippen LogP contribution in [0.15, 0.2) is 29.3 Å². The molecule has 0 unspecified atom stereocenters. The Labute approximate surface area is 130 Å². The van der Waals surface area contributed by atoms with Crippen molar-refractivity contribution in [2.24, 2.45) is 4.99 Å². The molecule has 2 rings (SSSR count). The van der Waals surface area contributed by atoms with Crippen LogP contribution < -0.4 is 10.6 Å². The largest absolute Gasteiger partial charge is 0.352 e. The highest BCUT2D eigenvalue weighted by molar-refractivity contribution is 7.11. The van der Waals surface area contributed by atoms with Crippen molar-refractivity contribution in [2.45, 2.75) is 33.9 Å². The van der Waals surface area contributed by atoms with Gasteiger partial charge in [-0.3, -0.25) is 4.99 Å². The molecule has 0 bridgehead atoms. The van der Waals surface area contributed by atoms with Gasteiger partial charge in [0.15, 0.2) is 5.96 Å².